The van der Waals surface area contributed by atoms with Crippen LogP contribution in [0, 0.1) is 5.92 Å². The van der Waals surface area contributed by atoms with Gasteiger partial charge in [0.05, 0.1) is 12.2 Å². The van der Waals surface area contributed by atoms with E-state index in [1.807, 2.05) is 24.3 Å². The summed E-state index contributed by atoms with van der Waals surface area (Å²) in [6.07, 6.45) is 0.903. The average molecular weight is 481 g/mol. The number of benzene rings is 3. The number of hydrogen-bond donors (Lipinski definition) is 2. The van der Waals surface area contributed by atoms with E-state index in [2.05, 4.69) is 40.4 Å². The minimum atomic E-state index is -0.285. The Morgan fingerprint density at radius 3 is 2.23 bits per heavy atom. The summed E-state index contributed by atoms with van der Waals surface area (Å²) in [5.74, 6) is 0.556. The zero-order valence-corrected chi connectivity index (χ0v) is 19.1. The summed E-state index contributed by atoms with van der Waals surface area (Å²) in [6, 6.07) is 21.4. The molecule has 160 valence electrons. The van der Waals surface area contributed by atoms with E-state index in [9.17, 15) is 9.59 Å². The van der Waals surface area contributed by atoms with Crippen LogP contribution in [0.25, 0.3) is 0 Å². The van der Waals surface area contributed by atoms with Crippen LogP contribution in [-0.2, 0) is 0 Å². The van der Waals surface area contributed by atoms with Crippen LogP contribution < -0.4 is 15.4 Å². The molecule has 0 unspecified atom stereocenters. The van der Waals surface area contributed by atoms with Crippen molar-refractivity contribution in [2.75, 3.05) is 17.2 Å². The molecule has 0 heterocycles. The van der Waals surface area contributed by atoms with E-state index < -0.39 is 0 Å². The van der Waals surface area contributed by atoms with Crippen molar-refractivity contribution in [1.82, 2.24) is 0 Å². The SMILES string of the molecule is CC(C)CCOc1ccc(Br)cc1C(=O)Nc1cccc(NC(=O)c2ccccc2)c1. The number of hydrogen-bond acceptors (Lipinski definition) is 3. The molecule has 0 aliphatic heterocycles. The molecule has 5 nitrogen and oxygen atoms in total. The molecule has 0 radical (unpaired) electrons. The molecule has 0 aromatic heterocycles. The van der Waals surface area contributed by atoms with Gasteiger partial charge in [-0.2, -0.15) is 0 Å². The Kier molecular flexibility index (Phi) is 7.84. The average Bonchev–Trinajstić information content (AvgIpc) is 2.75. The summed E-state index contributed by atoms with van der Waals surface area (Å²) in [5.41, 5.74) is 2.17. The van der Waals surface area contributed by atoms with Gasteiger partial charge >= 0.3 is 0 Å². The first-order chi connectivity index (χ1) is 14.9. The topological polar surface area (TPSA) is 67.4 Å². The Labute approximate surface area is 191 Å². The Morgan fingerprint density at radius 1 is 0.871 bits per heavy atom. The summed E-state index contributed by atoms with van der Waals surface area (Å²) in [4.78, 5) is 25.3. The summed E-state index contributed by atoms with van der Waals surface area (Å²) >= 11 is 3.42. The van der Waals surface area contributed by atoms with Crippen LogP contribution in [0.1, 0.15) is 41.0 Å². The normalized spacial score (nSPS) is 10.6. The maximum atomic E-state index is 12.9. The maximum Gasteiger partial charge on any atom is 0.259 e. The van der Waals surface area contributed by atoms with Crippen LogP contribution in [0.2, 0.25) is 0 Å². The minimum absolute atomic E-state index is 0.211. The van der Waals surface area contributed by atoms with Gasteiger partial charge in [0, 0.05) is 21.4 Å². The summed E-state index contributed by atoms with van der Waals surface area (Å²) in [6.45, 7) is 4.80. The molecule has 0 atom stereocenters. The molecule has 2 N–H and O–H groups in total. The van der Waals surface area contributed by atoms with Crippen LogP contribution >= 0.6 is 15.9 Å². The van der Waals surface area contributed by atoms with E-state index in [1.54, 1.807) is 48.5 Å². The number of rotatable bonds is 8. The second-order valence-electron chi connectivity index (χ2n) is 7.53. The van der Waals surface area contributed by atoms with Crippen LogP contribution in [0.3, 0.4) is 0 Å². The third-order valence-corrected chi connectivity index (χ3v) is 5.05. The number of halogens is 1. The molecule has 0 aliphatic carbocycles. The van der Waals surface area contributed by atoms with Crippen LogP contribution in [0.4, 0.5) is 11.4 Å². The van der Waals surface area contributed by atoms with Crippen LogP contribution in [0.15, 0.2) is 77.3 Å². The number of anilines is 2. The Hall–Kier alpha value is -3.12. The third kappa shape index (κ3) is 6.69. The molecular formula is C25H25BrN2O3. The van der Waals surface area contributed by atoms with E-state index >= 15 is 0 Å². The fraction of sp³-hybridized carbons (Fsp3) is 0.200. The molecule has 0 saturated heterocycles. The second-order valence-corrected chi connectivity index (χ2v) is 8.44. The van der Waals surface area contributed by atoms with Crippen molar-refractivity contribution in [3.63, 3.8) is 0 Å². The lowest BCUT2D eigenvalue weighted by atomic mass is 10.1. The molecule has 3 aromatic carbocycles. The van der Waals surface area contributed by atoms with Gasteiger partial charge in [0.1, 0.15) is 5.75 Å². The molecule has 0 saturated carbocycles. The van der Waals surface area contributed by atoms with Crippen LogP contribution in [0.5, 0.6) is 5.75 Å². The second kappa shape index (κ2) is 10.8. The third-order valence-electron chi connectivity index (χ3n) is 4.55. The van der Waals surface area contributed by atoms with Crippen molar-refractivity contribution in [3.8, 4) is 5.75 Å². The van der Waals surface area contributed by atoms with Gasteiger partial charge in [0.25, 0.3) is 11.8 Å². The van der Waals surface area contributed by atoms with Gasteiger partial charge < -0.3 is 15.4 Å². The molecule has 0 aliphatic rings. The van der Waals surface area contributed by atoms with E-state index in [4.69, 9.17) is 4.74 Å². The highest BCUT2D eigenvalue weighted by atomic mass is 79.9. The first kappa shape index (κ1) is 22.6. The minimum Gasteiger partial charge on any atom is -0.493 e. The van der Waals surface area contributed by atoms with Crippen molar-refractivity contribution in [3.05, 3.63) is 88.4 Å². The first-order valence-electron chi connectivity index (χ1n) is 10.1. The predicted octanol–water partition coefficient (Wildman–Crippen LogP) is 6.38. The van der Waals surface area contributed by atoms with Gasteiger partial charge in [-0.25, -0.2) is 0 Å². The Bertz CT molecular complexity index is 1050. The first-order valence-corrected chi connectivity index (χ1v) is 10.9. The Morgan fingerprint density at radius 2 is 1.55 bits per heavy atom. The summed E-state index contributed by atoms with van der Waals surface area (Å²) in [7, 11) is 0. The number of carbonyl (C=O) groups is 2. The molecule has 6 heteroatoms. The lowest BCUT2D eigenvalue weighted by Crippen LogP contribution is -2.15. The molecule has 3 aromatic rings. The van der Waals surface area contributed by atoms with E-state index in [-0.39, 0.29) is 11.8 Å². The highest BCUT2D eigenvalue weighted by Gasteiger charge is 2.15. The maximum absolute atomic E-state index is 12.9. The number of ether oxygens (including phenoxy) is 1. The molecular weight excluding hydrogens is 456 g/mol. The van der Waals surface area contributed by atoms with E-state index in [1.165, 1.54) is 0 Å². The van der Waals surface area contributed by atoms with Gasteiger partial charge in [0.15, 0.2) is 0 Å². The zero-order chi connectivity index (χ0) is 22.2. The fourth-order valence-electron chi connectivity index (χ4n) is 2.88. The largest absolute Gasteiger partial charge is 0.493 e. The molecule has 0 fully saturated rings. The summed E-state index contributed by atoms with van der Waals surface area (Å²) < 4.78 is 6.64. The van der Waals surface area contributed by atoms with Crippen LogP contribution in [-0.4, -0.2) is 18.4 Å². The molecule has 31 heavy (non-hydrogen) atoms. The highest BCUT2D eigenvalue weighted by molar-refractivity contribution is 9.10. The predicted molar refractivity (Wildman–Crippen MR) is 128 cm³/mol. The lowest BCUT2D eigenvalue weighted by molar-refractivity contribution is 0.101. The number of amides is 2. The van der Waals surface area contributed by atoms with Gasteiger partial charge in [-0.15, -0.1) is 0 Å². The van der Waals surface area contributed by atoms with Crippen molar-refractivity contribution < 1.29 is 14.3 Å². The Balaban J connectivity index is 1.71. The highest BCUT2D eigenvalue weighted by Crippen LogP contribution is 2.25. The number of carbonyl (C=O) groups excluding carboxylic acids is 2. The van der Waals surface area contributed by atoms with E-state index in [0.29, 0.717) is 40.8 Å². The van der Waals surface area contributed by atoms with Crippen molar-refractivity contribution in [1.29, 1.82) is 0 Å². The molecule has 0 bridgehead atoms. The smallest absolute Gasteiger partial charge is 0.259 e. The van der Waals surface area contributed by atoms with Crippen molar-refractivity contribution in [2.45, 2.75) is 20.3 Å². The van der Waals surface area contributed by atoms with E-state index in [0.717, 1.165) is 10.9 Å². The van der Waals surface area contributed by atoms with Crippen molar-refractivity contribution >= 4 is 39.1 Å². The lowest BCUT2D eigenvalue weighted by Gasteiger charge is -2.14. The monoisotopic (exact) mass is 480 g/mol. The van der Waals surface area contributed by atoms with Gasteiger partial charge in [-0.3, -0.25) is 9.59 Å². The summed E-state index contributed by atoms with van der Waals surface area (Å²) in [5, 5.41) is 5.74. The standard InChI is InChI=1S/C25H25BrN2O3/c1-17(2)13-14-31-23-12-11-19(26)15-22(23)25(30)28-21-10-6-9-20(16-21)27-24(29)18-7-4-3-5-8-18/h3-12,15-17H,13-14H2,1-2H3,(H,27,29)(H,28,30). The zero-order valence-electron chi connectivity index (χ0n) is 17.5. The van der Waals surface area contributed by atoms with Gasteiger partial charge in [0.2, 0.25) is 0 Å². The quantitative estimate of drug-likeness (QED) is 0.393. The molecule has 2 amide bonds. The molecule has 3 rings (SSSR count). The number of nitrogens with one attached hydrogen (secondary N) is 2. The van der Waals surface area contributed by atoms with Gasteiger partial charge in [-0.1, -0.05) is 54.0 Å². The van der Waals surface area contributed by atoms with Gasteiger partial charge in [-0.05, 0) is 60.9 Å². The molecule has 0 spiro atoms. The fourth-order valence-corrected chi connectivity index (χ4v) is 3.24. The van der Waals surface area contributed by atoms with Crippen molar-refractivity contribution in [2.24, 2.45) is 5.92 Å².